The quantitative estimate of drug-likeness (QED) is 0.841. The first-order chi connectivity index (χ1) is 14.7. The molecule has 30 heavy (non-hydrogen) atoms. The van der Waals surface area contributed by atoms with Crippen molar-refractivity contribution in [1.29, 1.82) is 0 Å². The second-order valence-corrected chi connectivity index (χ2v) is 8.99. The first-order valence-electron chi connectivity index (χ1n) is 10.9. The molecular weight excluding hydrogens is 380 g/mol. The summed E-state index contributed by atoms with van der Waals surface area (Å²) >= 11 is 0. The van der Waals surface area contributed by atoms with Crippen molar-refractivity contribution >= 4 is 11.6 Å². The van der Waals surface area contributed by atoms with Gasteiger partial charge < -0.3 is 19.5 Å². The van der Waals surface area contributed by atoms with Gasteiger partial charge in [-0.2, -0.15) is 0 Å². The molecule has 6 heteroatoms. The highest BCUT2D eigenvalue weighted by Crippen LogP contribution is 2.59. The summed E-state index contributed by atoms with van der Waals surface area (Å²) in [5.41, 5.74) is 3.68. The maximum atomic E-state index is 12.8. The molecule has 4 aliphatic rings. The fourth-order valence-corrected chi connectivity index (χ4v) is 5.23. The van der Waals surface area contributed by atoms with E-state index in [2.05, 4.69) is 28.4 Å². The van der Waals surface area contributed by atoms with Gasteiger partial charge in [-0.1, -0.05) is 12.1 Å². The molecule has 6 rings (SSSR count). The van der Waals surface area contributed by atoms with E-state index in [-0.39, 0.29) is 24.0 Å². The minimum atomic E-state index is 0.127. The minimum absolute atomic E-state index is 0.127. The summed E-state index contributed by atoms with van der Waals surface area (Å²) in [6, 6.07) is 12.2. The summed E-state index contributed by atoms with van der Waals surface area (Å²) in [6.07, 6.45) is 4.22. The van der Waals surface area contributed by atoms with Crippen LogP contribution in [0.4, 0.5) is 5.69 Å². The van der Waals surface area contributed by atoms with Crippen LogP contribution in [0.5, 0.6) is 17.2 Å². The van der Waals surface area contributed by atoms with Gasteiger partial charge in [0.05, 0.1) is 6.61 Å². The van der Waals surface area contributed by atoms with Crippen molar-refractivity contribution in [1.82, 2.24) is 4.90 Å². The molecule has 3 aliphatic heterocycles. The Bertz CT molecular complexity index is 997. The van der Waals surface area contributed by atoms with E-state index in [1.807, 2.05) is 18.2 Å². The first kappa shape index (κ1) is 18.1. The Balaban J connectivity index is 1.03. The summed E-state index contributed by atoms with van der Waals surface area (Å²) in [6.45, 7) is 4.15. The highest BCUT2D eigenvalue weighted by atomic mass is 16.7. The van der Waals surface area contributed by atoms with Gasteiger partial charge in [0, 0.05) is 30.6 Å². The van der Waals surface area contributed by atoms with Gasteiger partial charge in [0.15, 0.2) is 11.5 Å². The highest BCUT2D eigenvalue weighted by Gasteiger charge is 2.58. The molecule has 0 aromatic heterocycles. The Morgan fingerprint density at radius 3 is 2.77 bits per heavy atom. The van der Waals surface area contributed by atoms with Crippen molar-refractivity contribution in [2.24, 2.45) is 11.3 Å². The zero-order valence-corrected chi connectivity index (χ0v) is 17.0. The van der Waals surface area contributed by atoms with E-state index in [0.717, 1.165) is 69.1 Å². The second kappa shape index (κ2) is 6.91. The predicted molar refractivity (Wildman–Crippen MR) is 112 cm³/mol. The number of nitrogens with zero attached hydrogens (tertiary/aromatic N) is 1. The maximum absolute atomic E-state index is 12.8. The Kier molecular flexibility index (Phi) is 4.16. The molecule has 1 saturated carbocycles. The van der Waals surface area contributed by atoms with Crippen LogP contribution in [0.2, 0.25) is 0 Å². The predicted octanol–water partition coefficient (Wildman–Crippen LogP) is 3.59. The zero-order valence-electron chi connectivity index (χ0n) is 17.0. The second-order valence-electron chi connectivity index (χ2n) is 8.99. The first-order valence-corrected chi connectivity index (χ1v) is 10.9. The number of hydrogen-bond acceptors (Lipinski definition) is 5. The third-order valence-electron chi connectivity index (χ3n) is 7.16. The van der Waals surface area contributed by atoms with Crippen molar-refractivity contribution in [3.8, 4) is 17.2 Å². The third-order valence-corrected chi connectivity index (χ3v) is 7.16. The van der Waals surface area contributed by atoms with E-state index in [4.69, 9.17) is 14.2 Å². The lowest BCUT2D eigenvalue weighted by molar-refractivity contribution is -0.118. The molecule has 3 heterocycles. The number of fused-ring (bicyclic) bond motifs is 2. The van der Waals surface area contributed by atoms with Crippen molar-refractivity contribution in [3.05, 3.63) is 47.5 Å². The van der Waals surface area contributed by atoms with E-state index in [1.165, 1.54) is 11.1 Å². The van der Waals surface area contributed by atoms with Crippen LogP contribution in [0.25, 0.3) is 0 Å². The molecule has 0 bridgehead atoms. The van der Waals surface area contributed by atoms with Crippen LogP contribution in [-0.4, -0.2) is 37.3 Å². The standard InChI is InChI=1S/C24H26N2O4/c27-23(25-18-2-4-21-22(12-18)30-15-29-21)19-13-24(19)6-8-26(9-7-24)14-16-1-3-20-17(11-16)5-10-28-20/h1-4,11-12,19H,5-10,13-15H2,(H,25,27)/t19-/m1/s1. The average molecular weight is 406 g/mol. The SMILES string of the molecule is O=C(Nc1ccc2c(c1)OCO2)[C@H]1CC12CCN(Cc1ccc3c(c1)CCO3)CC2. The lowest BCUT2D eigenvalue weighted by Crippen LogP contribution is -2.35. The van der Waals surface area contributed by atoms with Crippen molar-refractivity contribution in [3.63, 3.8) is 0 Å². The fourth-order valence-electron chi connectivity index (χ4n) is 5.23. The van der Waals surface area contributed by atoms with Gasteiger partial charge >= 0.3 is 0 Å². The van der Waals surface area contributed by atoms with Gasteiger partial charge in [-0.3, -0.25) is 9.69 Å². The Hall–Kier alpha value is -2.73. The van der Waals surface area contributed by atoms with E-state index in [9.17, 15) is 4.79 Å². The molecule has 0 unspecified atom stereocenters. The smallest absolute Gasteiger partial charge is 0.231 e. The number of hydrogen-bond donors (Lipinski definition) is 1. The number of carbonyl (C=O) groups is 1. The number of nitrogens with one attached hydrogen (secondary N) is 1. The van der Waals surface area contributed by atoms with Crippen molar-refractivity contribution in [2.75, 3.05) is 31.8 Å². The van der Waals surface area contributed by atoms with Gasteiger partial charge in [-0.15, -0.1) is 0 Å². The lowest BCUT2D eigenvalue weighted by atomic mass is 9.90. The molecule has 1 saturated heterocycles. The Morgan fingerprint density at radius 1 is 1.03 bits per heavy atom. The number of ether oxygens (including phenoxy) is 3. The van der Waals surface area contributed by atoms with Crippen LogP contribution in [0.1, 0.15) is 30.4 Å². The molecule has 1 atom stereocenters. The molecule has 0 radical (unpaired) electrons. The number of likely N-dealkylation sites (tertiary alicyclic amines) is 1. The van der Waals surface area contributed by atoms with Gasteiger partial charge in [0.1, 0.15) is 5.75 Å². The van der Waals surface area contributed by atoms with Gasteiger partial charge in [0.25, 0.3) is 0 Å². The molecule has 2 aromatic carbocycles. The number of rotatable bonds is 4. The molecule has 2 aromatic rings. The average Bonchev–Trinajstić information content (AvgIpc) is 3.08. The molecule has 6 nitrogen and oxygen atoms in total. The highest BCUT2D eigenvalue weighted by molar-refractivity contribution is 5.95. The maximum Gasteiger partial charge on any atom is 0.231 e. The van der Waals surface area contributed by atoms with Crippen LogP contribution in [0.3, 0.4) is 0 Å². The summed E-state index contributed by atoms with van der Waals surface area (Å²) < 4.78 is 16.4. The number of amides is 1. The topological polar surface area (TPSA) is 60.0 Å². The normalized spacial score (nSPS) is 23.1. The van der Waals surface area contributed by atoms with Crippen LogP contribution >= 0.6 is 0 Å². The van der Waals surface area contributed by atoms with E-state index < -0.39 is 0 Å². The lowest BCUT2D eigenvalue weighted by Gasteiger charge is -2.33. The third kappa shape index (κ3) is 3.19. The number of piperidine rings is 1. The summed E-state index contributed by atoms with van der Waals surface area (Å²) in [5, 5.41) is 3.08. The molecule has 1 amide bonds. The molecule has 156 valence electrons. The van der Waals surface area contributed by atoms with Crippen LogP contribution in [0.15, 0.2) is 36.4 Å². The molecule has 2 fully saturated rings. The van der Waals surface area contributed by atoms with Crippen molar-refractivity contribution in [2.45, 2.75) is 32.2 Å². The number of anilines is 1. The van der Waals surface area contributed by atoms with E-state index in [1.54, 1.807) is 0 Å². The van der Waals surface area contributed by atoms with Crippen LogP contribution < -0.4 is 19.5 Å². The van der Waals surface area contributed by atoms with E-state index >= 15 is 0 Å². The van der Waals surface area contributed by atoms with E-state index in [0.29, 0.717) is 5.75 Å². The fraction of sp³-hybridized carbons (Fsp3) is 0.458. The summed E-state index contributed by atoms with van der Waals surface area (Å²) in [4.78, 5) is 15.3. The van der Waals surface area contributed by atoms with Crippen molar-refractivity contribution < 1.29 is 19.0 Å². The van der Waals surface area contributed by atoms with Crippen LogP contribution in [0, 0.1) is 11.3 Å². The van der Waals surface area contributed by atoms with Crippen LogP contribution in [-0.2, 0) is 17.8 Å². The Morgan fingerprint density at radius 2 is 1.87 bits per heavy atom. The minimum Gasteiger partial charge on any atom is -0.493 e. The largest absolute Gasteiger partial charge is 0.493 e. The molecule has 1 aliphatic carbocycles. The monoisotopic (exact) mass is 406 g/mol. The molecular formula is C24H26N2O4. The molecule has 1 spiro atoms. The van der Waals surface area contributed by atoms with Gasteiger partial charge in [-0.25, -0.2) is 0 Å². The zero-order chi connectivity index (χ0) is 20.1. The Labute approximate surface area is 176 Å². The van der Waals surface area contributed by atoms with Gasteiger partial charge in [-0.05, 0) is 67.1 Å². The number of carbonyl (C=O) groups excluding carboxylic acids is 1. The molecule has 1 N–H and O–H groups in total. The van der Waals surface area contributed by atoms with Gasteiger partial charge in [0.2, 0.25) is 12.7 Å². The summed E-state index contributed by atoms with van der Waals surface area (Å²) in [5.74, 6) is 2.75. The number of benzene rings is 2. The summed E-state index contributed by atoms with van der Waals surface area (Å²) in [7, 11) is 0.